The van der Waals surface area contributed by atoms with Crippen molar-refractivity contribution >= 4 is 23.6 Å². The average molecular weight is 486 g/mol. The summed E-state index contributed by atoms with van der Waals surface area (Å²) >= 11 is 0. The van der Waals surface area contributed by atoms with E-state index < -0.39 is 28.3 Å². The lowest BCUT2D eigenvalue weighted by Crippen LogP contribution is -2.50. The van der Waals surface area contributed by atoms with Crippen LogP contribution in [0.2, 0.25) is 0 Å². The van der Waals surface area contributed by atoms with Crippen LogP contribution in [0.1, 0.15) is 93.6 Å². The molecule has 1 aromatic rings. The quantitative estimate of drug-likeness (QED) is 0.313. The molecule has 2 rings (SSSR count). The van der Waals surface area contributed by atoms with Gasteiger partial charge in [-0.1, -0.05) is 65.0 Å². The molecule has 1 aromatic carbocycles. The molecule has 1 aliphatic heterocycles. The number of hydrogen-bond acceptors (Lipinski definition) is 5. The lowest BCUT2D eigenvalue weighted by Gasteiger charge is -2.38. The van der Waals surface area contributed by atoms with E-state index in [9.17, 15) is 19.2 Å². The second-order valence-electron chi connectivity index (χ2n) is 12.9. The summed E-state index contributed by atoms with van der Waals surface area (Å²) in [4.78, 5) is 53.3. The van der Waals surface area contributed by atoms with Crippen LogP contribution in [0.5, 0.6) is 0 Å². The molecule has 1 aliphatic rings. The summed E-state index contributed by atoms with van der Waals surface area (Å²) in [6.07, 6.45) is 1.69. The molecule has 0 aromatic heterocycles. The summed E-state index contributed by atoms with van der Waals surface area (Å²) in [6, 6.07) is 9.36. The van der Waals surface area contributed by atoms with E-state index in [2.05, 4.69) is 13.8 Å². The Balaban J connectivity index is 2.08. The van der Waals surface area contributed by atoms with Gasteiger partial charge in [0.2, 0.25) is 11.8 Å². The summed E-state index contributed by atoms with van der Waals surface area (Å²) in [5, 5.41) is 0. The molecule has 1 heterocycles. The second-order valence-corrected chi connectivity index (χ2v) is 12.9. The number of carbonyl (C=O) groups is 4. The number of esters is 1. The number of benzene rings is 1. The minimum absolute atomic E-state index is 0.0123. The highest BCUT2D eigenvalue weighted by molar-refractivity contribution is 6.06. The van der Waals surface area contributed by atoms with Gasteiger partial charge in [0.05, 0.1) is 11.3 Å². The molecule has 1 fully saturated rings. The Hall–Kier alpha value is -2.50. The number of hydrogen-bond donors (Lipinski definition) is 0. The van der Waals surface area contributed by atoms with E-state index in [1.165, 1.54) is 4.90 Å². The number of ether oxygens (including phenoxy) is 1. The molecule has 1 atom stereocenters. The summed E-state index contributed by atoms with van der Waals surface area (Å²) < 4.78 is 5.51. The zero-order chi connectivity index (χ0) is 26.8. The summed E-state index contributed by atoms with van der Waals surface area (Å²) in [7, 11) is 0. The first kappa shape index (κ1) is 28.7. The summed E-state index contributed by atoms with van der Waals surface area (Å²) in [5.41, 5.74) is -1.66. The fraction of sp³-hybridized carbons (Fsp3) is 0.655. The topological polar surface area (TPSA) is 80.8 Å². The van der Waals surface area contributed by atoms with Gasteiger partial charge < -0.3 is 4.74 Å². The van der Waals surface area contributed by atoms with Crippen LogP contribution in [0, 0.1) is 22.2 Å². The van der Waals surface area contributed by atoms with E-state index in [0.29, 0.717) is 19.3 Å². The summed E-state index contributed by atoms with van der Waals surface area (Å²) in [6.45, 7) is 17.1. The van der Waals surface area contributed by atoms with Crippen molar-refractivity contribution in [3.05, 3.63) is 35.9 Å². The van der Waals surface area contributed by atoms with Gasteiger partial charge in [0.25, 0.3) is 0 Å². The Labute approximate surface area is 210 Å². The monoisotopic (exact) mass is 485 g/mol. The van der Waals surface area contributed by atoms with Gasteiger partial charge in [0.1, 0.15) is 12.4 Å². The first-order valence-corrected chi connectivity index (χ1v) is 12.5. The first-order valence-electron chi connectivity index (χ1n) is 12.5. The highest BCUT2D eigenvalue weighted by Gasteiger charge is 2.54. The van der Waals surface area contributed by atoms with E-state index in [4.69, 9.17) is 4.74 Å². The Morgan fingerprint density at radius 2 is 1.49 bits per heavy atom. The van der Waals surface area contributed by atoms with E-state index in [-0.39, 0.29) is 36.0 Å². The van der Waals surface area contributed by atoms with Crippen molar-refractivity contribution < 1.29 is 23.9 Å². The van der Waals surface area contributed by atoms with Crippen LogP contribution in [0.3, 0.4) is 0 Å². The fourth-order valence-corrected chi connectivity index (χ4v) is 4.43. The smallest absolute Gasteiger partial charge is 0.312 e. The molecule has 1 saturated heterocycles. The summed E-state index contributed by atoms with van der Waals surface area (Å²) in [5.74, 6) is -1.66. The molecular weight excluding hydrogens is 442 g/mol. The maximum absolute atomic E-state index is 13.5. The predicted molar refractivity (Wildman–Crippen MR) is 136 cm³/mol. The third kappa shape index (κ3) is 7.02. The highest BCUT2D eigenvalue weighted by atomic mass is 16.5. The second kappa shape index (κ2) is 10.2. The third-order valence-corrected chi connectivity index (χ3v) is 7.25. The molecule has 0 aliphatic carbocycles. The number of Topliss-reactive ketones (excluding diaryl/α,β-unsaturated/α-hetero) is 1. The van der Waals surface area contributed by atoms with Gasteiger partial charge in [0.15, 0.2) is 0 Å². The van der Waals surface area contributed by atoms with E-state index in [1.807, 2.05) is 65.0 Å². The molecule has 0 bridgehead atoms. The van der Waals surface area contributed by atoms with Gasteiger partial charge in [0, 0.05) is 23.8 Å². The minimum atomic E-state index is -1.13. The molecule has 2 amide bonds. The molecule has 0 saturated carbocycles. The Morgan fingerprint density at radius 1 is 0.914 bits per heavy atom. The predicted octanol–water partition coefficient (Wildman–Crippen LogP) is 5.72. The zero-order valence-electron chi connectivity index (χ0n) is 23.0. The molecule has 0 spiro atoms. The van der Waals surface area contributed by atoms with Crippen molar-refractivity contribution in [2.45, 2.75) is 100 Å². The number of carbonyl (C=O) groups excluding carboxylic acids is 4. The van der Waals surface area contributed by atoms with Gasteiger partial charge >= 0.3 is 5.97 Å². The molecule has 194 valence electrons. The zero-order valence-corrected chi connectivity index (χ0v) is 23.0. The van der Waals surface area contributed by atoms with E-state index in [0.717, 1.165) is 5.56 Å². The van der Waals surface area contributed by atoms with Crippen LogP contribution in [0.15, 0.2) is 30.3 Å². The molecule has 35 heavy (non-hydrogen) atoms. The van der Waals surface area contributed by atoms with E-state index >= 15 is 0 Å². The van der Waals surface area contributed by atoms with Crippen molar-refractivity contribution in [2.24, 2.45) is 22.2 Å². The number of ketones is 1. The third-order valence-electron chi connectivity index (χ3n) is 7.25. The van der Waals surface area contributed by atoms with E-state index in [1.54, 1.807) is 13.8 Å². The fourth-order valence-electron chi connectivity index (χ4n) is 4.43. The number of amides is 2. The van der Waals surface area contributed by atoms with Crippen LogP contribution in [-0.2, 0) is 30.5 Å². The number of nitrogens with zero attached hydrogens (tertiary/aromatic N) is 1. The van der Waals surface area contributed by atoms with Gasteiger partial charge in [-0.15, -0.1) is 0 Å². The Kier molecular flexibility index (Phi) is 8.41. The van der Waals surface area contributed by atoms with Crippen LogP contribution in [-0.4, -0.2) is 34.0 Å². The largest absolute Gasteiger partial charge is 0.460 e. The van der Waals surface area contributed by atoms with Crippen molar-refractivity contribution in [2.75, 3.05) is 0 Å². The SMILES string of the molecule is CC(C)(CCC(C)(C)N1C(=O)CC(C(C)(C)C(=O)OCc2ccccc2)C1=O)CC(=O)C(C)(C)C. The first-order chi connectivity index (χ1) is 15.9. The maximum Gasteiger partial charge on any atom is 0.312 e. The molecular formula is C29H43NO5. The number of likely N-dealkylation sites (tertiary alicyclic amines) is 1. The molecule has 1 unspecified atom stereocenters. The van der Waals surface area contributed by atoms with Crippen molar-refractivity contribution in [3.8, 4) is 0 Å². The van der Waals surface area contributed by atoms with Gasteiger partial charge in [-0.05, 0) is 51.5 Å². The van der Waals surface area contributed by atoms with Crippen molar-refractivity contribution in [3.63, 3.8) is 0 Å². The molecule has 6 nitrogen and oxygen atoms in total. The van der Waals surface area contributed by atoms with Crippen LogP contribution in [0.25, 0.3) is 0 Å². The highest BCUT2D eigenvalue weighted by Crippen LogP contribution is 2.42. The van der Waals surface area contributed by atoms with Crippen LogP contribution >= 0.6 is 0 Å². The van der Waals surface area contributed by atoms with Crippen molar-refractivity contribution in [1.29, 1.82) is 0 Å². The molecule has 6 heteroatoms. The maximum atomic E-state index is 13.5. The lowest BCUT2D eigenvalue weighted by atomic mass is 9.74. The number of imide groups is 1. The van der Waals surface area contributed by atoms with Crippen molar-refractivity contribution in [1.82, 2.24) is 4.90 Å². The Morgan fingerprint density at radius 3 is 2.03 bits per heavy atom. The standard InChI is InChI=1S/C29H43NO5/c1-26(2,3)22(31)18-27(4,5)15-16-28(6,7)30-23(32)17-21(24(30)33)29(8,9)25(34)35-19-20-13-11-10-12-14-20/h10-14,21H,15-19H2,1-9H3. The van der Waals surface area contributed by atoms with Crippen LogP contribution < -0.4 is 0 Å². The van der Waals surface area contributed by atoms with Gasteiger partial charge in [-0.3, -0.25) is 24.1 Å². The normalized spacial score (nSPS) is 17.6. The van der Waals surface area contributed by atoms with Crippen LogP contribution in [0.4, 0.5) is 0 Å². The number of rotatable bonds is 10. The lowest BCUT2D eigenvalue weighted by molar-refractivity contribution is -0.162. The van der Waals surface area contributed by atoms with Gasteiger partial charge in [-0.25, -0.2) is 0 Å². The minimum Gasteiger partial charge on any atom is -0.460 e. The molecule has 0 radical (unpaired) electrons. The average Bonchev–Trinajstić information content (AvgIpc) is 3.06. The van der Waals surface area contributed by atoms with Gasteiger partial charge in [-0.2, -0.15) is 0 Å². The molecule has 0 N–H and O–H groups in total. The Bertz CT molecular complexity index is 953.